The third kappa shape index (κ3) is 3.58. The van der Waals surface area contributed by atoms with E-state index in [0.29, 0.717) is 25.5 Å². The van der Waals surface area contributed by atoms with E-state index in [4.69, 9.17) is 4.74 Å². The summed E-state index contributed by atoms with van der Waals surface area (Å²) in [6, 6.07) is 1.96. The minimum absolute atomic E-state index is 0.122. The molecule has 1 saturated heterocycles. The van der Waals surface area contributed by atoms with Gasteiger partial charge in [-0.25, -0.2) is 9.97 Å². The number of amides is 1. The molecule has 1 fully saturated rings. The van der Waals surface area contributed by atoms with E-state index in [1.165, 1.54) is 6.33 Å². The molecular weight excluding hydrogens is 232 g/mol. The molecule has 1 atom stereocenters. The van der Waals surface area contributed by atoms with Crippen LogP contribution < -0.4 is 15.4 Å². The number of carbonyl (C=O) groups is 1. The van der Waals surface area contributed by atoms with Crippen molar-refractivity contribution in [3.63, 3.8) is 0 Å². The van der Waals surface area contributed by atoms with Gasteiger partial charge >= 0.3 is 0 Å². The van der Waals surface area contributed by atoms with Gasteiger partial charge < -0.3 is 15.4 Å². The number of rotatable bonds is 6. The van der Waals surface area contributed by atoms with Gasteiger partial charge in [-0.1, -0.05) is 6.92 Å². The third-order valence-electron chi connectivity index (χ3n) is 2.71. The van der Waals surface area contributed by atoms with Gasteiger partial charge in [-0.2, -0.15) is 0 Å². The van der Waals surface area contributed by atoms with Crippen LogP contribution in [0.3, 0.4) is 0 Å². The molecule has 1 aromatic rings. The maximum atomic E-state index is 11.1. The molecule has 0 bridgehead atoms. The minimum Gasteiger partial charge on any atom is -0.478 e. The first-order valence-electron chi connectivity index (χ1n) is 6.26. The lowest BCUT2D eigenvalue weighted by atomic mass is 10.2. The summed E-state index contributed by atoms with van der Waals surface area (Å²) in [7, 11) is 0. The molecule has 0 spiro atoms. The molecule has 0 saturated carbocycles. The fourth-order valence-corrected chi connectivity index (χ4v) is 1.78. The summed E-state index contributed by atoms with van der Waals surface area (Å²) < 4.78 is 5.42. The van der Waals surface area contributed by atoms with Crippen molar-refractivity contribution in [2.45, 2.75) is 32.2 Å². The molecule has 0 aliphatic carbocycles. The normalized spacial score (nSPS) is 18.5. The second-order valence-corrected chi connectivity index (χ2v) is 4.27. The zero-order valence-electron chi connectivity index (χ0n) is 10.5. The Morgan fingerprint density at radius 2 is 2.44 bits per heavy atom. The highest BCUT2D eigenvalue weighted by Gasteiger charge is 2.20. The topological polar surface area (TPSA) is 76.1 Å². The summed E-state index contributed by atoms with van der Waals surface area (Å²) >= 11 is 0. The van der Waals surface area contributed by atoms with Crippen LogP contribution in [0.25, 0.3) is 0 Å². The van der Waals surface area contributed by atoms with Crippen LogP contribution >= 0.6 is 0 Å². The predicted molar refractivity (Wildman–Crippen MR) is 67.5 cm³/mol. The van der Waals surface area contributed by atoms with Crippen molar-refractivity contribution in [1.82, 2.24) is 15.3 Å². The van der Waals surface area contributed by atoms with Gasteiger partial charge in [0, 0.05) is 25.1 Å². The standard InChI is InChI=1S/C12H18N4O2/c1-2-5-18-12-6-10(14-8-15-12)13-7-9-3-4-11(17)16-9/h6,8-9H,2-5,7H2,1H3,(H,16,17)(H,13,14,15). The van der Waals surface area contributed by atoms with Gasteiger partial charge in [0.1, 0.15) is 12.1 Å². The number of nitrogens with one attached hydrogen (secondary N) is 2. The number of hydrogen-bond acceptors (Lipinski definition) is 5. The van der Waals surface area contributed by atoms with Crippen LogP contribution in [-0.2, 0) is 4.79 Å². The summed E-state index contributed by atoms with van der Waals surface area (Å²) in [5.41, 5.74) is 0. The second-order valence-electron chi connectivity index (χ2n) is 4.27. The largest absolute Gasteiger partial charge is 0.478 e. The van der Waals surface area contributed by atoms with Crippen LogP contribution in [0.15, 0.2) is 12.4 Å². The van der Waals surface area contributed by atoms with Gasteiger partial charge in [0.2, 0.25) is 11.8 Å². The van der Waals surface area contributed by atoms with Gasteiger partial charge in [-0.15, -0.1) is 0 Å². The first kappa shape index (κ1) is 12.6. The van der Waals surface area contributed by atoms with E-state index in [9.17, 15) is 4.79 Å². The lowest BCUT2D eigenvalue weighted by Crippen LogP contribution is -2.31. The molecule has 1 aliphatic rings. The first-order chi connectivity index (χ1) is 8.78. The molecule has 1 aliphatic heterocycles. The monoisotopic (exact) mass is 250 g/mol. The molecule has 98 valence electrons. The van der Waals surface area contributed by atoms with Gasteiger partial charge in [-0.3, -0.25) is 4.79 Å². The Kier molecular flexibility index (Phi) is 4.33. The Hall–Kier alpha value is -1.85. The first-order valence-corrected chi connectivity index (χ1v) is 6.26. The highest BCUT2D eigenvalue weighted by atomic mass is 16.5. The predicted octanol–water partition coefficient (Wildman–Crippen LogP) is 0.956. The highest BCUT2D eigenvalue weighted by molar-refractivity contribution is 5.78. The smallest absolute Gasteiger partial charge is 0.220 e. The van der Waals surface area contributed by atoms with Crippen LogP contribution in [-0.4, -0.2) is 35.1 Å². The summed E-state index contributed by atoms with van der Waals surface area (Å²) in [5, 5.41) is 6.08. The molecule has 2 rings (SSSR count). The Bertz CT molecular complexity index is 411. The molecule has 1 unspecified atom stereocenters. The van der Waals surface area contributed by atoms with Gasteiger partial charge in [0.15, 0.2) is 0 Å². The number of aromatic nitrogens is 2. The van der Waals surface area contributed by atoms with Crippen molar-refractivity contribution in [3.8, 4) is 5.88 Å². The number of carbonyl (C=O) groups excluding carboxylic acids is 1. The Morgan fingerprint density at radius 1 is 1.56 bits per heavy atom. The number of anilines is 1. The minimum atomic E-state index is 0.122. The molecule has 2 N–H and O–H groups in total. The summed E-state index contributed by atoms with van der Waals surface area (Å²) in [6.45, 7) is 3.37. The fraction of sp³-hybridized carbons (Fsp3) is 0.583. The van der Waals surface area contributed by atoms with Gasteiger partial charge in [-0.05, 0) is 12.8 Å². The third-order valence-corrected chi connectivity index (χ3v) is 2.71. The lowest BCUT2D eigenvalue weighted by Gasteiger charge is -2.12. The van der Waals surface area contributed by atoms with Crippen LogP contribution in [0, 0.1) is 0 Å². The van der Waals surface area contributed by atoms with Crippen molar-refractivity contribution in [3.05, 3.63) is 12.4 Å². The Morgan fingerprint density at radius 3 is 3.17 bits per heavy atom. The maximum absolute atomic E-state index is 11.1. The average Bonchev–Trinajstić information content (AvgIpc) is 2.80. The summed E-state index contributed by atoms with van der Waals surface area (Å²) in [4.78, 5) is 19.2. The van der Waals surface area contributed by atoms with E-state index in [1.54, 1.807) is 6.07 Å². The second kappa shape index (κ2) is 6.18. The van der Waals surface area contributed by atoms with Crippen molar-refractivity contribution in [1.29, 1.82) is 0 Å². The molecule has 6 heteroatoms. The zero-order chi connectivity index (χ0) is 12.8. The van der Waals surface area contributed by atoms with Gasteiger partial charge in [0.05, 0.1) is 6.61 Å². The molecule has 18 heavy (non-hydrogen) atoms. The van der Waals surface area contributed by atoms with Crippen LogP contribution in [0.5, 0.6) is 5.88 Å². The van der Waals surface area contributed by atoms with E-state index < -0.39 is 0 Å². The van der Waals surface area contributed by atoms with Crippen molar-refractivity contribution < 1.29 is 9.53 Å². The van der Waals surface area contributed by atoms with Crippen LogP contribution in [0.4, 0.5) is 5.82 Å². The van der Waals surface area contributed by atoms with Crippen LogP contribution in [0.2, 0.25) is 0 Å². The molecule has 0 aromatic carbocycles. The summed E-state index contributed by atoms with van der Waals surface area (Å²) in [5.74, 6) is 1.42. The summed E-state index contributed by atoms with van der Waals surface area (Å²) in [6.07, 6.45) is 3.90. The molecule has 2 heterocycles. The van der Waals surface area contributed by atoms with E-state index in [2.05, 4.69) is 20.6 Å². The van der Waals surface area contributed by atoms with E-state index in [0.717, 1.165) is 18.7 Å². The lowest BCUT2D eigenvalue weighted by molar-refractivity contribution is -0.119. The van der Waals surface area contributed by atoms with E-state index >= 15 is 0 Å². The number of ether oxygens (including phenoxy) is 1. The van der Waals surface area contributed by atoms with Crippen LogP contribution in [0.1, 0.15) is 26.2 Å². The Labute approximate surface area is 106 Å². The molecular formula is C12H18N4O2. The zero-order valence-corrected chi connectivity index (χ0v) is 10.5. The van der Waals surface area contributed by atoms with E-state index in [-0.39, 0.29) is 11.9 Å². The highest BCUT2D eigenvalue weighted by Crippen LogP contribution is 2.12. The fourth-order valence-electron chi connectivity index (χ4n) is 1.78. The quantitative estimate of drug-likeness (QED) is 0.786. The molecule has 0 radical (unpaired) electrons. The van der Waals surface area contributed by atoms with Crippen molar-refractivity contribution in [2.24, 2.45) is 0 Å². The SMILES string of the molecule is CCCOc1cc(NCC2CCC(=O)N2)ncn1. The van der Waals surface area contributed by atoms with Crippen molar-refractivity contribution >= 4 is 11.7 Å². The average molecular weight is 250 g/mol. The molecule has 1 aromatic heterocycles. The molecule has 6 nitrogen and oxygen atoms in total. The van der Waals surface area contributed by atoms with Crippen molar-refractivity contribution in [2.75, 3.05) is 18.5 Å². The Balaban J connectivity index is 1.83. The number of hydrogen-bond donors (Lipinski definition) is 2. The molecule has 1 amide bonds. The maximum Gasteiger partial charge on any atom is 0.220 e. The van der Waals surface area contributed by atoms with E-state index in [1.807, 2.05) is 6.92 Å². The van der Waals surface area contributed by atoms with Gasteiger partial charge in [0.25, 0.3) is 0 Å². The number of nitrogens with zero attached hydrogens (tertiary/aromatic N) is 2.